The summed E-state index contributed by atoms with van der Waals surface area (Å²) in [5, 5.41) is 64.9. The van der Waals surface area contributed by atoms with Crippen LogP contribution in [0.5, 0.6) is 0 Å². The first-order chi connectivity index (χ1) is 23.4. The largest absolute Gasteiger partial charge is 0.829 e. The lowest BCUT2D eigenvalue weighted by molar-refractivity contribution is -0.531. The molecule has 1 amide bonds. The summed E-state index contributed by atoms with van der Waals surface area (Å²) in [4.78, 5) is 13.7. The average Bonchev–Trinajstić information content (AvgIpc) is 2.99. The minimum Gasteiger partial charge on any atom is -0.829 e. The zero-order chi connectivity index (χ0) is 38.8. The smallest absolute Gasteiger partial charge is 0.397 e. The van der Waals surface area contributed by atoms with Crippen LogP contribution in [0.2, 0.25) is 0 Å². The van der Waals surface area contributed by atoms with E-state index in [4.69, 9.17) is 23.7 Å². The molecule has 0 aromatic heterocycles. The predicted molar refractivity (Wildman–Crippen MR) is 154 cm³/mol. The van der Waals surface area contributed by atoms with Crippen molar-refractivity contribution in [2.24, 2.45) is 0 Å². The van der Waals surface area contributed by atoms with E-state index in [9.17, 15) is 74.3 Å². The predicted octanol–water partition coefficient (Wildman–Crippen LogP) is -6.43. The number of hydrogen-bond acceptors (Lipinski definition) is 21. The van der Waals surface area contributed by atoms with Gasteiger partial charge in [-0.15, -0.1) is 0 Å². The molecule has 3 aliphatic heterocycles. The summed E-state index contributed by atoms with van der Waals surface area (Å²) in [7, 11) is -17.2. The quantitative estimate of drug-likeness (QED) is 0.0713. The fourth-order valence-corrected chi connectivity index (χ4v) is 7.26. The number of ether oxygens (including phenoxy) is 5. The summed E-state index contributed by atoms with van der Waals surface area (Å²) in [6.07, 6.45) is -29.7. The van der Waals surface area contributed by atoms with E-state index in [0.717, 1.165) is 11.8 Å². The Bertz CT molecular complexity index is 1500. The Morgan fingerprint density at radius 2 is 1.20 bits per heavy atom. The Labute approximate surface area is 291 Å². The number of carbonyl (C=O) groups excluding carboxylic acids is 1. The van der Waals surface area contributed by atoms with Gasteiger partial charge in [-0.1, -0.05) is 6.92 Å². The number of aliphatic hydroxyl groups excluding tert-OH is 5. The third kappa shape index (κ3) is 11.3. The molecule has 0 unspecified atom stereocenters. The van der Waals surface area contributed by atoms with Crippen LogP contribution in [0.1, 0.15) is 27.2 Å². The Kier molecular flexibility index (Phi) is 15.0. The molecule has 3 heterocycles. The summed E-state index contributed by atoms with van der Waals surface area (Å²) in [5.74, 6) is -0.760. The molecule has 0 saturated carbocycles. The Hall–Kier alpha value is -1.36. The highest BCUT2D eigenvalue weighted by Gasteiger charge is 2.57. The van der Waals surface area contributed by atoms with Crippen molar-refractivity contribution in [3.05, 3.63) is 0 Å². The van der Waals surface area contributed by atoms with Crippen LogP contribution in [0, 0.1) is 0 Å². The van der Waals surface area contributed by atoms with Crippen LogP contribution in [0.25, 0.3) is 0 Å². The fraction of sp³-hybridized carbons (Fsp3) is 0.957. The molecular weight excluding hydrogens is 770 g/mol. The molecular formula is C23H40NO24S3-. The standard InChI is InChI=1S/C23H40NO24S3/c1-4-5-24(9(3)27)12-18(45-22-15(30)14(29)13(28)8(2)41-22)16(10(6-25)42-21(12)31)44-23-20(48-51(38,39)40)19(47-50(35,36)37)17(11(7-26)43-23)46-49(32,33)34/h8,10-23,25-26,28-30H,4-7H2,1-3H3,(H,32,33,34)(H,35,36,37)(H,38,39,40)/q-1/t8-,10+,11+,12+,13+,14+,15-,16+,17-,18+,19-,20+,21+,22-,23-/m0/s1. The molecule has 3 saturated heterocycles. The molecule has 3 rings (SSSR count). The Morgan fingerprint density at radius 1 is 0.706 bits per heavy atom. The lowest BCUT2D eigenvalue weighted by Gasteiger charge is -2.54. The van der Waals surface area contributed by atoms with Gasteiger partial charge < -0.3 is 59.2 Å². The van der Waals surface area contributed by atoms with Crippen molar-refractivity contribution in [1.29, 1.82) is 0 Å². The van der Waals surface area contributed by atoms with Crippen LogP contribution in [0.3, 0.4) is 0 Å². The first-order valence-corrected chi connectivity index (χ1v) is 19.0. The maximum atomic E-state index is 13.5. The summed E-state index contributed by atoms with van der Waals surface area (Å²) in [6.45, 7) is 1.24. The van der Waals surface area contributed by atoms with Gasteiger partial charge in [-0.3, -0.25) is 18.5 Å². The van der Waals surface area contributed by atoms with E-state index in [-0.39, 0.29) is 13.0 Å². The lowest BCUT2D eigenvalue weighted by Crippen LogP contribution is -2.72. The highest BCUT2D eigenvalue weighted by atomic mass is 32.3. The number of carbonyl (C=O) groups is 1. The lowest BCUT2D eigenvalue weighted by atomic mass is 9.93. The Balaban J connectivity index is 2.22. The van der Waals surface area contributed by atoms with E-state index >= 15 is 0 Å². The van der Waals surface area contributed by atoms with Crippen LogP contribution in [0.4, 0.5) is 0 Å². The number of nitrogens with zero attached hydrogens (tertiary/aromatic N) is 1. The molecule has 25 nitrogen and oxygen atoms in total. The van der Waals surface area contributed by atoms with Crippen LogP contribution >= 0.6 is 0 Å². The van der Waals surface area contributed by atoms with Crippen LogP contribution in [-0.4, -0.2) is 187 Å². The summed E-state index contributed by atoms with van der Waals surface area (Å²) >= 11 is 0. The molecule has 28 heteroatoms. The molecule has 8 N–H and O–H groups in total. The molecule has 3 aliphatic rings. The fourth-order valence-electron chi connectivity index (χ4n) is 5.76. The zero-order valence-corrected chi connectivity index (χ0v) is 29.2. The average molecular weight is 811 g/mol. The summed E-state index contributed by atoms with van der Waals surface area (Å²) in [6, 6.07) is -1.80. The monoisotopic (exact) mass is 810 g/mol. The van der Waals surface area contributed by atoms with Gasteiger partial charge in [0.1, 0.15) is 54.9 Å². The normalized spacial score (nSPS) is 39.8. The maximum Gasteiger partial charge on any atom is 0.397 e. The first-order valence-electron chi connectivity index (χ1n) is 14.9. The minimum atomic E-state index is -5.77. The molecule has 300 valence electrons. The molecule has 0 aromatic carbocycles. The van der Waals surface area contributed by atoms with Gasteiger partial charge in [0.05, 0.1) is 25.4 Å². The van der Waals surface area contributed by atoms with Gasteiger partial charge in [0, 0.05) is 19.8 Å². The van der Waals surface area contributed by atoms with E-state index < -0.39 is 142 Å². The van der Waals surface area contributed by atoms with Gasteiger partial charge in [-0.05, 0) is 13.3 Å². The van der Waals surface area contributed by atoms with E-state index in [1.165, 1.54) is 6.92 Å². The topological polar surface area (TPSA) is 381 Å². The van der Waals surface area contributed by atoms with Crippen molar-refractivity contribution in [1.82, 2.24) is 4.90 Å². The van der Waals surface area contributed by atoms with Crippen molar-refractivity contribution in [2.45, 2.75) is 119 Å². The van der Waals surface area contributed by atoms with Gasteiger partial charge in [-0.2, -0.15) is 25.3 Å². The number of aliphatic hydroxyl groups is 5. The summed E-state index contributed by atoms with van der Waals surface area (Å²) < 4.78 is 140. The molecule has 51 heavy (non-hydrogen) atoms. The number of hydrogen-bond donors (Lipinski definition) is 8. The molecule has 0 spiro atoms. The zero-order valence-electron chi connectivity index (χ0n) is 26.8. The van der Waals surface area contributed by atoms with E-state index in [0.29, 0.717) is 0 Å². The second-order valence-corrected chi connectivity index (χ2v) is 14.6. The van der Waals surface area contributed by atoms with Crippen molar-refractivity contribution in [2.75, 3.05) is 19.8 Å². The van der Waals surface area contributed by atoms with Gasteiger partial charge in [0.25, 0.3) is 0 Å². The molecule has 0 aliphatic carbocycles. The van der Waals surface area contributed by atoms with Crippen molar-refractivity contribution >= 4 is 37.1 Å². The molecule has 0 bridgehead atoms. The van der Waals surface area contributed by atoms with Gasteiger partial charge in [0.15, 0.2) is 18.7 Å². The van der Waals surface area contributed by atoms with Gasteiger partial charge in [0.2, 0.25) is 5.91 Å². The van der Waals surface area contributed by atoms with E-state index in [1.807, 2.05) is 0 Å². The molecule has 0 radical (unpaired) electrons. The van der Waals surface area contributed by atoms with Crippen LogP contribution in [-0.2, 0) is 72.2 Å². The number of amides is 1. The highest BCUT2D eigenvalue weighted by molar-refractivity contribution is 7.81. The maximum absolute atomic E-state index is 13.5. The number of rotatable bonds is 15. The second-order valence-electron chi connectivity index (χ2n) is 11.5. The minimum absolute atomic E-state index is 0.162. The van der Waals surface area contributed by atoms with Crippen LogP contribution < -0.4 is 5.11 Å². The van der Waals surface area contributed by atoms with Crippen molar-refractivity contribution in [3.8, 4) is 0 Å². The first kappa shape index (κ1) is 44.0. The SMILES string of the molecule is CCCN(C(C)=O)[C@@H]1[C@@H](O[C@@H]2O[C@@H](C)[C@@H](O)[C@@H](O)[C@@H]2O)[C@H](O[C@@H]2O[C@H](CO)[C@H](OS(=O)(=O)O)[C@H](OS(=O)(=O)O)[C@H]2OS(=O)(=O)O)[C@@H](CO)O[C@H]1[O-]. The molecule has 3 fully saturated rings. The molecule has 15 atom stereocenters. The third-order valence-corrected chi connectivity index (χ3v) is 9.28. The van der Waals surface area contributed by atoms with Gasteiger partial charge in [-0.25, -0.2) is 12.5 Å². The third-order valence-electron chi connectivity index (χ3n) is 7.88. The summed E-state index contributed by atoms with van der Waals surface area (Å²) in [5.41, 5.74) is 0. The van der Waals surface area contributed by atoms with Crippen LogP contribution in [0.15, 0.2) is 0 Å². The van der Waals surface area contributed by atoms with E-state index in [1.54, 1.807) is 6.92 Å². The second kappa shape index (κ2) is 17.4. The van der Waals surface area contributed by atoms with Crippen molar-refractivity contribution < 1.29 is 111 Å². The van der Waals surface area contributed by atoms with E-state index in [2.05, 4.69) is 12.5 Å². The highest BCUT2D eigenvalue weighted by Crippen LogP contribution is 2.37. The van der Waals surface area contributed by atoms with Crippen molar-refractivity contribution in [3.63, 3.8) is 0 Å². The Morgan fingerprint density at radius 3 is 1.69 bits per heavy atom. The molecule has 0 aromatic rings. The van der Waals surface area contributed by atoms with Gasteiger partial charge >= 0.3 is 31.2 Å².